The average molecular weight is 470 g/mol. The Labute approximate surface area is 191 Å². The summed E-state index contributed by atoms with van der Waals surface area (Å²) < 4.78 is 41.6. The first-order chi connectivity index (χ1) is 15.8. The van der Waals surface area contributed by atoms with Crippen molar-refractivity contribution < 1.29 is 27.1 Å². The highest BCUT2D eigenvalue weighted by Gasteiger charge is 2.36. The maximum absolute atomic E-state index is 13.2. The average Bonchev–Trinajstić information content (AvgIpc) is 3.48. The molecule has 0 unspecified atom stereocenters. The summed E-state index contributed by atoms with van der Waals surface area (Å²) in [6.07, 6.45) is 2.93. The number of benzene rings is 2. The molecule has 2 heterocycles. The van der Waals surface area contributed by atoms with E-state index >= 15 is 0 Å². The van der Waals surface area contributed by atoms with Crippen LogP contribution in [0.5, 0.6) is 11.5 Å². The van der Waals surface area contributed by atoms with E-state index in [4.69, 9.17) is 13.9 Å². The second kappa shape index (κ2) is 8.99. The van der Waals surface area contributed by atoms with Crippen LogP contribution in [0.1, 0.15) is 34.1 Å². The summed E-state index contributed by atoms with van der Waals surface area (Å²) >= 11 is 0. The molecular formula is C23H23N3O6S. The number of carbonyl (C=O) groups is 1. The van der Waals surface area contributed by atoms with Gasteiger partial charge in [-0.15, -0.1) is 0 Å². The molecule has 10 heteroatoms. The number of methoxy groups -OCH3 is 2. The molecule has 172 valence electrons. The molecule has 1 aliphatic rings. The zero-order chi connectivity index (χ0) is 23.6. The lowest BCUT2D eigenvalue weighted by molar-refractivity contribution is 0.0676. The number of hydrazone groups is 1. The number of hydrogen-bond acceptors (Lipinski definition) is 7. The van der Waals surface area contributed by atoms with Crippen LogP contribution in [-0.2, 0) is 10.0 Å². The van der Waals surface area contributed by atoms with Gasteiger partial charge in [-0.25, -0.2) is 13.4 Å². The van der Waals surface area contributed by atoms with Crippen molar-refractivity contribution in [2.24, 2.45) is 5.10 Å². The summed E-state index contributed by atoms with van der Waals surface area (Å²) in [7, 11) is -0.249. The zero-order valence-electron chi connectivity index (χ0n) is 18.3. The van der Waals surface area contributed by atoms with Crippen molar-refractivity contribution in [3.8, 4) is 11.5 Å². The fraction of sp³-hybridized carbons (Fsp3) is 0.217. The van der Waals surface area contributed by atoms with E-state index in [1.54, 1.807) is 62.8 Å². The topological polar surface area (TPSA) is 110 Å². The molecule has 3 aromatic rings. The molecule has 1 aromatic heterocycles. The van der Waals surface area contributed by atoms with Crippen molar-refractivity contribution >= 4 is 27.3 Å². The van der Waals surface area contributed by atoms with Crippen LogP contribution in [0.4, 0.5) is 5.69 Å². The Morgan fingerprint density at radius 2 is 1.88 bits per heavy atom. The molecule has 0 saturated heterocycles. The van der Waals surface area contributed by atoms with Crippen LogP contribution in [0.3, 0.4) is 0 Å². The molecule has 1 N–H and O–H groups in total. The van der Waals surface area contributed by atoms with Gasteiger partial charge in [-0.2, -0.15) is 5.10 Å². The number of rotatable bonds is 7. The van der Waals surface area contributed by atoms with Gasteiger partial charge in [0.1, 0.15) is 11.5 Å². The normalized spacial score (nSPS) is 15.8. The number of ether oxygens (including phenoxy) is 2. The third-order valence-corrected chi connectivity index (χ3v) is 5.77. The van der Waals surface area contributed by atoms with Gasteiger partial charge in [0.2, 0.25) is 10.0 Å². The van der Waals surface area contributed by atoms with Gasteiger partial charge < -0.3 is 13.9 Å². The maximum Gasteiger partial charge on any atom is 0.310 e. The summed E-state index contributed by atoms with van der Waals surface area (Å²) in [6.45, 7) is 0. The SMILES string of the molecule is COc1ccc(OC)c([C@@H]2CC(c3ccc(NS(C)(=O)=O)cc3)=NN2C(=O)c2ccco2)c1. The number of amides is 1. The van der Waals surface area contributed by atoms with Crippen LogP contribution >= 0.6 is 0 Å². The zero-order valence-corrected chi connectivity index (χ0v) is 19.1. The van der Waals surface area contributed by atoms with E-state index in [1.165, 1.54) is 11.3 Å². The number of nitrogens with zero attached hydrogens (tertiary/aromatic N) is 2. The number of anilines is 1. The second-order valence-electron chi connectivity index (χ2n) is 7.45. The van der Waals surface area contributed by atoms with Crippen LogP contribution in [0.15, 0.2) is 70.4 Å². The molecule has 1 amide bonds. The van der Waals surface area contributed by atoms with Gasteiger partial charge in [-0.1, -0.05) is 12.1 Å². The molecule has 0 aliphatic carbocycles. The van der Waals surface area contributed by atoms with Crippen molar-refractivity contribution in [2.75, 3.05) is 25.2 Å². The molecule has 4 rings (SSSR count). The molecule has 2 aromatic carbocycles. The Morgan fingerprint density at radius 3 is 2.48 bits per heavy atom. The van der Waals surface area contributed by atoms with Gasteiger partial charge in [0.05, 0.1) is 38.5 Å². The van der Waals surface area contributed by atoms with Gasteiger partial charge in [0, 0.05) is 17.7 Å². The van der Waals surface area contributed by atoms with Crippen molar-refractivity contribution in [1.82, 2.24) is 5.01 Å². The van der Waals surface area contributed by atoms with Crippen LogP contribution in [-0.4, -0.2) is 45.5 Å². The minimum Gasteiger partial charge on any atom is -0.497 e. The third-order valence-electron chi connectivity index (χ3n) is 5.17. The van der Waals surface area contributed by atoms with E-state index in [-0.39, 0.29) is 11.7 Å². The number of hydrogen-bond donors (Lipinski definition) is 1. The number of carbonyl (C=O) groups excluding carboxylic acids is 1. The first kappa shape index (κ1) is 22.4. The molecule has 0 saturated carbocycles. The quantitative estimate of drug-likeness (QED) is 0.565. The standard InChI is InChI=1S/C23H23N3O6S/c1-30-17-10-11-21(31-2)18(13-17)20-14-19(24-26(20)23(27)22-5-4-12-32-22)15-6-8-16(9-7-15)25-33(3,28)29/h4-13,20,25H,14H2,1-3H3/t20-/m0/s1. The Kier molecular flexibility index (Phi) is 6.10. The van der Waals surface area contributed by atoms with Crippen molar-refractivity contribution in [2.45, 2.75) is 12.5 Å². The minimum absolute atomic E-state index is 0.166. The maximum atomic E-state index is 13.2. The first-order valence-corrected chi connectivity index (χ1v) is 11.9. The Balaban J connectivity index is 1.72. The molecule has 0 fully saturated rings. The monoisotopic (exact) mass is 469 g/mol. The van der Waals surface area contributed by atoms with E-state index in [0.717, 1.165) is 17.4 Å². The lowest BCUT2D eigenvalue weighted by Crippen LogP contribution is -2.27. The van der Waals surface area contributed by atoms with Crippen LogP contribution in [0.25, 0.3) is 0 Å². The van der Waals surface area contributed by atoms with Crippen molar-refractivity contribution in [3.63, 3.8) is 0 Å². The highest BCUT2D eigenvalue weighted by molar-refractivity contribution is 7.92. The first-order valence-electron chi connectivity index (χ1n) is 10.0. The van der Waals surface area contributed by atoms with Gasteiger partial charge in [-0.05, 0) is 48.0 Å². The van der Waals surface area contributed by atoms with E-state index in [2.05, 4.69) is 9.82 Å². The summed E-state index contributed by atoms with van der Waals surface area (Å²) in [5.74, 6) is 1.00. The van der Waals surface area contributed by atoms with Crippen molar-refractivity contribution in [3.05, 3.63) is 77.7 Å². The highest BCUT2D eigenvalue weighted by atomic mass is 32.2. The molecule has 0 bridgehead atoms. The molecule has 1 atom stereocenters. The number of furan rings is 1. The summed E-state index contributed by atoms with van der Waals surface area (Å²) in [6, 6.07) is 15.0. The fourth-order valence-electron chi connectivity index (χ4n) is 3.67. The summed E-state index contributed by atoms with van der Waals surface area (Å²) in [5, 5.41) is 6.00. The third kappa shape index (κ3) is 4.85. The smallest absolute Gasteiger partial charge is 0.310 e. The second-order valence-corrected chi connectivity index (χ2v) is 9.20. The number of nitrogens with one attached hydrogen (secondary N) is 1. The summed E-state index contributed by atoms with van der Waals surface area (Å²) in [5.41, 5.74) is 2.60. The molecule has 1 aliphatic heterocycles. The molecule has 0 radical (unpaired) electrons. The lowest BCUT2D eigenvalue weighted by atomic mass is 9.97. The largest absolute Gasteiger partial charge is 0.497 e. The van der Waals surface area contributed by atoms with Gasteiger partial charge in [0.15, 0.2) is 5.76 Å². The van der Waals surface area contributed by atoms with E-state index in [9.17, 15) is 13.2 Å². The predicted molar refractivity (Wildman–Crippen MR) is 123 cm³/mol. The van der Waals surface area contributed by atoms with Gasteiger partial charge in [0.25, 0.3) is 0 Å². The lowest BCUT2D eigenvalue weighted by Gasteiger charge is -2.23. The van der Waals surface area contributed by atoms with Crippen LogP contribution < -0.4 is 14.2 Å². The fourth-order valence-corrected chi connectivity index (χ4v) is 4.24. The molecular weight excluding hydrogens is 446 g/mol. The van der Waals surface area contributed by atoms with Gasteiger partial charge in [-0.3, -0.25) is 9.52 Å². The molecule has 0 spiro atoms. The Bertz CT molecular complexity index is 1280. The molecule has 9 nitrogen and oxygen atoms in total. The van der Waals surface area contributed by atoms with E-state index in [0.29, 0.717) is 29.3 Å². The summed E-state index contributed by atoms with van der Waals surface area (Å²) in [4.78, 5) is 13.2. The number of sulfonamides is 1. The Hall–Kier alpha value is -3.79. The van der Waals surface area contributed by atoms with E-state index in [1.807, 2.05) is 6.07 Å². The Morgan fingerprint density at radius 1 is 1.12 bits per heavy atom. The predicted octanol–water partition coefficient (Wildman–Crippen LogP) is 3.66. The van der Waals surface area contributed by atoms with Crippen molar-refractivity contribution in [1.29, 1.82) is 0 Å². The van der Waals surface area contributed by atoms with Crippen LogP contribution in [0.2, 0.25) is 0 Å². The highest BCUT2D eigenvalue weighted by Crippen LogP contribution is 2.40. The van der Waals surface area contributed by atoms with E-state index < -0.39 is 16.1 Å². The molecule has 33 heavy (non-hydrogen) atoms. The minimum atomic E-state index is -3.38. The van der Waals surface area contributed by atoms with Crippen LogP contribution in [0, 0.1) is 0 Å². The van der Waals surface area contributed by atoms with Gasteiger partial charge >= 0.3 is 5.91 Å².